The van der Waals surface area contributed by atoms with Crippen LogP contribution in [0.3, 0.4) is 0 Å². The van der Waals surface area contributed by atoms with Crippen molar-refractivity contribution in [2.45, 2.75) is 39.0 Å². The highest BCUT2D eigenvalue weighted by atomic mass is 16.5. The van der Waals surface area contributed by atoms with Gasteiger partial charge in [0.15, 0.2) is 11.5 Å². The van der Waals surface area contributed by atoms with Gasteiger partial charge in [0, 0.05) is 25.7 Å². The van der Waals surface area contributed by atoms with Crippen molar-refractivity contribution in [2.75, 3.05) is 19.6 Å². The first-order valence-electron chi connectivity index (χ1n) is 8.85. The Morgan fingerprint density at radius 1 is 1.40 bits per heavy atom. The van der Waals surface area contributed by atoms with Gasteiger partial charge in [0.05, 0.1) is 12.6 Å². The monoisotopic (exact) mass is 343 g/mol. The molecule has 6 nitrogen and oxygen atoms in total. The van der Waals surface area contributed by atoms with E-state index < -0.39 is 0 Å². The molecule has 0 bridgehead atoms. The summed E-state index contributed by atoms with van der Waals surface area (Å²) in [5.74, 6) is 0.535. The number of carbonyl (C=O) groups excluding carboxylic acids is 1. The van der Waals surface area contributed by atoms with E-state index in [2.05, 4.69) is 10.1 Å². The maximum absolute atomic E-state index is 12.7. The fourth-order valence-electron chi connectivity index (χ4n) is 3.18. The van der Waals surface area contributed by atoms with E-state index in [9.17, 15) is 9.90 Å². The van der Waals surface area contributed by atoms with Crippen LogP contribution < -0.4 is 0 Å². The smallest absolute Gasteiger partial charge is 0.276 e. The number of aliphatic hydroxyl groups is 1. The van der Waals surface area contributed by atoms with Crippen molar-refractivity contribution in [3.63, 3.8) is 0 Å². The summed E-state index contributed by atoms with van der Waals surface area (Å²) < 4.78 is 5.35. The third kappa shape index (κ3) is 4.67. The number of rotatable bonds is 6. The number of aliphatic hydroxyl groups excluding tert-OH is 1. The number of amides is 1. The summed E-state index contributed by atoms with van der Waals surface area (Å²) in [6, 6.07) is 11.6. The normalized spacial score (nSPS) is 18.2. The quantitative estimate of drug-likeness (QED) is 0.871. The van der Waals surface area contributed by atoms with Crippen LogP contribution in [-0.4, -0.2) is 51.7 Å². The number of carbonyl (C=O) groups is 1. The Balaban J connectivity index is 1.62. The molecule has 1 atom stereocenters. The fraction of sp³-hybridized carbons (Fsp3) is 0.474. The maximum atomic E-state index is 12.7. The lowest BCUT2D eigenvalue weighted by Gasteiger charge is -2.28. The average Bonchev–Trinajstić information content (AvgIpc) is 3.08. The number of benzene rings is 1. The fourth-order valence-corrected chi connectivity index (χ4v) is 3.18. The van der Waals surface area contributed by atoms with Crippen molar-refractivity contribution in [1.29, 1.82) is 0 Å². The van der Waals surface area contributed by atoms with Gasteiger partial charge in [0.1, 0.15) is 0 Å². The zero-order valence-electron chi connectivity index (χ0n) is 14.6. The molecule has 1 saturated heterocycles. The van der Waals surface area contributed by atoms with Crippen LogP contribution in [-0.2, 0) is 13.1 Å². The summed E-state index contributed by atoms with van der Waals surface area (Å²) in [6.07, 6.45) is 1.54. The molecule has 1 N–H and O–H groups in total. The molecular weight excluding hydrogens is 318 g/mol. The van der Waals surface area contributed by atoms with Gasteiger partial charge in [0.25, 0.3) is 5.91 Å². The third-order valence-electron chi connectivity index (χ3n) is 4.52. The summed E-state index contributed by atoms with van der Waals surface area (Å²) in [5.41, 5.74) is 1.43. The Bertz CT molecular complexity index is 686. The van der Waals surface area contributed by atoms with Gasteiger partial charge in [-0.25, -0.2) is 0 Å². The standard InChI is InChI=1S/C19H25N3O3/c1-2-22(12-15-7-4-3-5-8-15)19(24)18-11-17(25-20-18)14-21-10-6-9-16(23)13-21/h3-5,7-8,11,16,23H,2,6,9-10,12-14H2,1H3. The second-order valence-corrected chi connectivity index (χ2v) is 6.51. The van der Waals surface area contributed by atoms with Gasteiger partial charge in [-0.15, -0.1) is 0 Å². The van der Waals surface area contributed by atoms with Crippen molar-refractivity contribution in [2.24, 2.45) is 0 Å². The van der Waals surface area contributed by atoms with Gasteiger partial charge in [-0.05, 0) is 31.9 Å². The molecule has 134 valence electrons. The number of aromatic nitrogens is 1. The highest BCUT2D eigenvalue weighted by Crippen LogP contribution is 2.16. The van der Waals surface area contributed by atoms with E-state index in [1.54, 1.807) is 11.0 Å². The van der Waals surface area contributed by atoms with Crippen molar-refractivity contribution >= 4 is 5.91 Å². The number of nitrogens with zero attached hydrogens (tertiary/aromatic N) is 3. The third-order valence-corrected chi connectivity index (χ3v) is 4.52. The first kappa shape index (κ1) is 17.6. The van der Waals surface area contributed by atoms with Crippen LogP contribution >= 0.6 is 0 Å². The lowest BCUT2D eigenvalue weighted by Crippen LogP contribution is -2.37. The van der Waals surface area contributed by atoms with Gasteiger partial charge in [-0.1, -0.05) is 35.5 Å². The summed E-state index contributed by atoms with van der Waals surface area (Å²) in [7, 11) is 0. The van der Waals surface area contributed by atoms with E-state index in [4.69, 9.17) is 4.52 Å². The first-order valence-corrected chi connectivity index (χ1v) is 8.85. The second-order valence-electron chi connectivity index (χ2n) is 6.51. The number of likely N-dealkylation sites (tertiary alicyclic amines) is 1. The molecule has 2 aromatic rings. The van der Waals surface area contributed by atoms with E-state index in [1.165, 1.54) is 0 Å². The second kappa shape index (κ2) is 8.27. The number of β-amino-alcohol motifs (C(OH)–C–C–N with tert-alkyl or cyclic N) is 1. The van der Waals surface area contributed by atoms with E-state index in [0.29, 0.717) is 37.6 Å². The predicted octanol–water partition coefficient (Wildman–Crippen LogP) is 2.29. The van der Waals surface area contributed by atoms with Crippen LogP contribution in [0.5, 0.6) is 0 Å². The molecule has 1 amide bonds. The minimum atomic E-state index is -0.278. The van der Waals surface area contributed by atoms with E-state index in [0.717, 1.165) is 24.9 Å². The molecule has 1 unspecified atom stereocenters. The van der Waals surface area contributed by atoms with Crippen LogP contribution in [0.15, 0.2) is 40.9 Å². The lowest BCUT2D eigenvalue weighted by atomic mass is 10.1. The molecular formula is C19H25N3O3. The minimum absolute atomic E-state index is 0.125. The SMILES string of the molecule is CCN(Cc1ccccc1)C(=O)c1cc(CN2CCCC(O)C2)on1. The maximum Gasteiger partial charge on any atom is 0.276 e. The molecule has 1 aromatic carbocycles. The summed E-state index contributed by atoms with van der Waals surface area (Å²) in [4.78, 5) is 16.6. The predicted molar refractivity (Wildman–Crippen MR) is 93.9 cm³/mol. The Morgan fingerprint density at radius 2 is 2.20 bits per heavy atom. The zero-order valence-corrected chi connectivity index (χ0v) is 14.6. The lowest BCUT2D eigenvalue weighted by molar-refractivity contribution is 0.0622. The molecule has 0 spiro atoms. The largest absolute Gasteiger partial charge is 0.392 e. The Kier molecular flexibility index (Phi) is 5.83. The summed E-state index contributed by atoms with van der Waals surface area (Å²) in [5, 5.41) is 13.7. The van der Waals surface area contributed by atoms with Gasteiger partial charge >= 0.3 is 0 Å². The highest BCUT2D eigenvalue weighted by molar-refractivity contribution is 5.92. The zero-order chi connectivity index (χ0) is 17.6. The van der Waals surface area contributed by atoms with Crippen molar-refractivity contribution in [1.82, 2.24) is 15.0 Å². The Hall–Kier alpha value is -2.18. The van der Waals surface area contributed by atoms with E-state index in [-0.39, 0.29) is 12.0 Å². The molecule has 1 aliphatic heterocycles. The van der Waals surface area contributed by atoms with Crippen molar-refractivity contribution < 1.29 is 14.4 Å². The molecule has 1 aromatic heterocycles. The molecule has 2 heterocycles. The number of hydrogen-bond acceptors (Lipinski definition) is 5. The van der Waals surface area contributed by atoms with Crippen molar-refractivity contribution in [3.05, 3.63) is 53.4 Å². The minimum Gasteiger partial charge on any atom is -0.392 e. The molecule has 0 aliphatic carbocycles. The number of piperidine rings is 1. The van der Waals surface area contributed by atoms with E-state index >= 15 is 0 Å². The Morgan fingerprint density at radius 3 is 2.92 bits per heavy atom. The van der Waals surface area contributed by atoms with Crippen molar-refractivity contribution in [3.8, 4) is 0 Å². The van der Waals surface area contributed by atoms with Crippen LogP contribution in [0.2, 0.25) is 0 Å². The molecule has 1 fully saturated rings. The molecule has 6 heteroatoms. The molecule has 0 saturated carbocycles. The van der Waals surface area contributed by atoms with Gasteiger partial charge < -0.3 is 14.5 Å². The molecule has 25 heavy (non-hydrogen) atoms. The van der Waals surface area contributed by atoms with Crippen LogP contribution in [0, 0.1) is 0 Å². The van der Waals surface area contributed by atoms with Crippen LogP contribution in [0.1, 0.15) is 41.6 Å². The number of hydrogen-bond donors (Lipinski definition) is 1. The van der Waals surface area contributed by atoms with Gasteiger partial charge in [-0.3, -0.25) is 9.69 Å². The topological polar surface area (TPSA) is 69.8 Å². The first-order chi connectivity index (χ1) is 12.2. The van der Waals surface area contributed by atoms with Crippen LogP contribution in [0.25, 0.3) is 0 Å². The highest BCUT2D eigenvalue weighted by Gasteiger charge is 2.22. The summed E-state index contributed by atoms with van der Waals surface area (Å²) in [6.45, 7) is 5.25. The molecule has 1 aliphatic rings. The molecule has 3 rings (SSSR count). The molecule has 0 radical (unpaired) electrons. The Labute approximate surface area is 148 Å². The average molecular weight is 343 g/mol. The summed E-state index contributed by atoms with van der Waals surface area (Å²) >= 11 is 0. The van der Waals surface area contributed by atoms with Gasteiger partial charge in [0.2, 0.25) is 0 Å². The van der Waals surface area contributed by atoms with E-state index in [1.807, 2.05) is 37.3 Å². The van der Waals surface area contributed by atoms with Gasteiger partial charge in [-0.2, -0.15) is 0 Å². The van der Waals surface area contributed by atoms with Crippen LogP contribution in [0.4, 0.5) is 0 Å².